The molecule has 8 nitrogen and oxygen atoms in total. The number of halogens is 2. The smallest absolute Gasteiger partial charge is 0.123 e. The predicted molar refractivity (Wildman–Crippen MR) is 168 cm³/mol. The van der Waals surface area contributed by atoms with E-state index in [1.807, 2.05) is 47.6 Å². The van der Waals surface area contributed by atoms with Gasteiger partial charge in [-0.1, -0.05) is 61.0 Å². The molecule has 0 bridgehead atoms. The van der Waals surface area contributed by atoms with Crippen LogP contribution in [0.5, 0.6) is 0 Å². The van der Waals surface area contributed by atoms with Crippen molar-refractivity contribution in [3.63, 3.8) is 0 Å². The molecular formula is C33H28ClFN8. The highest BCUT2D eigenvalue weighted by Crippen LogP contribution is 2.37. The van der Waals surface area contributed by atoms with E-state index >= 15 is 0 Å². The van der Waals surface area contributed by atoms with Gasteiger partial charge >= 0.3 is 0 Å². The normalized spacial score (nSPS) is 14.0. The monoisotopic (exact) mass is 590 g/mol. The molecule has 10 heteroatoms. The summed E-state index contributed by atoms with van der Waals surface area (Å²) in [7, 11) is 0. The minimum atomic E-state index is -0.412. The highest BCUT2D eigenvalue weighted by molar-refractivity contribution is 6.35. The van der Waals surface area contributed by atoms with Crippen molar-refractivity contribution in [3.05, 3.63) is 137 Å². The van der Waals surface area contributed by atoms with Gasteiger partial charge in [-0.05, 0) is 53.9 Å². The molecule has 0 amide bonds. The summed E-state index contributed by atoms with van der Waals surface area (Å²) in [4.78, 5) is 8.61. The Bertz CT molecular complexity index is 1810. The number of hydrogen-bond donors (Lipinski definition) is 4. The number of nitrogens with one attached hydrogen (secondary N) is 4. The predicted octanol–water partition coefficient (Wildman–Crippen LogP) is 7.38. The fourth-order valence-electron chi connectivity index (χ4n) is 5.15. The Hall–Kier alpha value is -5.17. The fraction of sp³-hybridized carbons (Fsp3) is 0.121. The van der Waals surface area contributed by atoms with Gasteiger partial charge < -0.3 is 16.1 Å². The van der Waals surface area contributed by atoms with Gasteiger partial charge in [0, 0.05) is 35.9 Å². The van der Waals surface area contributed by atoms with Crippen LogP contribution in [0.2, 0.25) is 5.02 Å². The van der Waals surface area contributed by atoms with E-state index in [-0.39, 0.29) is 11.9 Å². The second-order valence-corrected chi connectivity index (χ2v) is 10.5. The van der Waals surface area contributed by atoms with Crippen molar-refractivity contribution in [3.8, 4) is 6.07 Å². The Balaban J connectivity index is 1.41. The first-order valence-electron chi connectivity index (χ1n) is 13.8. The molecule has 43 heavy (non-hydrogen) atoms. The van der Waals surface area contributed by atoms with Gasteiger partial charge in [-0.25, -0.2) is 4.39 Å². The number of nitriles is 1. The van der Waals surface area contributed by atoms with Crippen LogP contribution in [-0.4, -0.2) is 9.97 Å². The third-order valence-electron chi connectivity index (χ3n) is 7.33. The summed E-state index contributed by atoms with van der Waals surface area (Å²) in [5, 5.41) is 20.2. The molecule has 1 aliphatic rings. The van der Waals surface area contributed by atoms with Crippen LogP contribution in [0.3, 0.4) is 0 Å². The number of hydrazine groups is 2. The summed E-state index contributed by atoms with van der Waals surface area (Å²) in [6, 6.07) is 25.8. The van der Waals surface area contributed by atoms with E-state index in [1.165, 1.54) is 12.1 Å². The molecule has 1 aliphatic heterocycles. The van der Waals surface area contributed by atoms with Crippen LogP contribution >= 0.6 is 11.6 Å². The lowest BCUT2D eigenvalue weighted by atomic mass is 10.0. The molecule has 0 saturated heterocycles. The quantitative estimate of drug-likeness (QED) is 0.141. The van der Waals surface area contributed by atoms with Crippen LogP contribution in [0.15, 0.2) is 109 Å². The number of pyridine rings is 2. The number of nitrogens with zero attached hydrogens (tertiary/aromatic N) is 4. The van der Waals surface area contributed by atoms with Crippen molar-refractivity contribution in [1.82, 2.24) is 20.9 Å². The molecule has 2 atom stereocenters. The Labute approximate surface area is 253 Å². The van der Waals surface area contributed by atoms with Crippen molar-refractivity contribution in [2.75, 3.05) is 15.6 Å². The number of rotatable bonds is 9. The molecular weight excluding hydrogens is 563 g/mol. The number of hydrogen-bond acceptors (Lipinski definition) is 8. The van der Waals surface area contributed by atoms with E-state index in [1.54, 1.807) is 36.8 Å². The molecule has 3 heterocycles. The molecule has 3 aromatic carbocycles. The lowest BCUT2D eigenvalue weighted by Crippen LogP contribution is -2.37. The van der Waals surface area contributed by atoms with Crippen molar-refractivity contribution in [2.45, 2.75) is 25.4 Å². The summed E-state index contributed by atoms with van der Waals surface area (Å²) < 4.78 is 13.9. The Morgan fingerprint density at radius 1 is 1.00 bits per heavy atom. The van der Waals surface area contributed by atoms with E-state index in [0.717, 1.165) is 28.9 Å². The van der Waals surface area contributed by atoms with E-state index in [0.29, 0.717) is 32.9 Å². The van der Waals surface area contributed by atoms with Gasteiger partial charge in [-0.3, -0.25) is 15.0 Å². The van der Waals surface area contributed by atoms with Gasteiger partial charge in [0.1, 0.15) is 11.9 Å². The molecule has 214 valence electrons. The van der Waals surface area contributed by atoms with Gasteiger partial charge in [0.25, 0.3) is 0 Å². The fourth-order valence-corrected chi connectivity index (χ4v) is 5.41. The van der Waals surface area contributed by atoms with E-state index in [9.17, 15) is 9.65 Å². The molecule has 0 radical (unpaired) electrons. The Kier molecular flexibility index (Phi) is 8.05. The van der Waals surface area contributed by atoms with Crippen molar-refractivity contribution in [1.29, 1.82) is 5.26 Å². The van der Waals surface area contributed by atoms with Crippen LogP contribution in [0.1, 0.15) is 42.1 Å². The molecule has 2 aromatic heterocycles. The van der Waals surface area contributed by atoms with Crippen LogP contribution < -0.4 is 26.6 Å². The summed E-state index contributed by atoms with van der Waals surface area (Å²) in [6.45, 7) is 2.10. The molecule has 0 aliphatic carbocycles. The topological polar surface area (TPSA) is 101 Å². The van der Waals surface area contributed by atoms with Crippen LogP contribution in [-0.2, 0) is 0 Å². The first-order chi connectivity index (χ1) is 21.0. The lowest BCUT2D eigenvalue weighted by molar-refractivity contribution is 0.621. The zero-order valence-electron chi connectivity index (χ0n) is 23.2. The maximum Gasteiger partial charge on any atom is 0.123 e. The summed E-state index contributed by atoms with van der Waals surface area (Å²) >= 11 is 6.81. The number of fused-ring (bicyclic) bond motifs is 1. The first-order valence-corrected chi connectivity index (χ1v) is 14.2. The first kappa shape index (κ1) is 28.0. The minimum Gasteiger partial charge on any atom is -0.377 e. The molecule has 5 aromatic rings. The second kappa shape index (κ2) is 12.4. The van der Waals surface area contributed by atoms with Gasteiger partial charge in [0.2, 0.25) is 0 Å². The van der Waals surface area contributed by atoms with Gasteiger partial charge in [-0.15, -0.1) is 5.53 Å². The molecule has 0 fully saturated rings. The van der Waals surface area contributed by atoms with Crippen molar-refractivity contribution in [2.24, 2.45) is 0 Å². The van der Waals surface area contributed by atoms with Gasteiger partial charge in [0.15, 0.2) is 0 Å². The highest BCUT2D eigenvalue weighted by atomic mass is 35.5. The van der Waals surface area contributed by atoms with Gasteiger partial charge in [0.05, 0.1) is 45.3 Å². The maximum absolute atomic E-state index is 13.9. The average Bonchev–Trinajstić information content (AvgIpc) is 3.54. The number of benzene rings is 3. The van der Waals surface area contributed by atoms with Crippen LogP contribution in [0.4, 0.5) is 21.5 Å². The van der Waals surface area contributed by atoms with Crippen molar-refractivity contribution >= 4 is 39.6 Å². The molecule has 0 unspecified atom stereocenters. The SMILES string of the molecule is CC[C@@H](Nc1c(C#N)cnc2c(Cl)cc(N[C@H](C3=CN(c4ccncc4)NN3)c3ccc(F)cc3)cc12)c1ccccc1. The van der Waals surface area contributed by atoms with Crippen LogP contribution in [0.25, 0.3) is 10.9 Å². The van der Waals surface area contributed by atoms with Crippen LogP contribution in [0, 0.1) is 17.1 Å². The minimum absolute atomic E-state index is 0.0284. The van der Waals surface area contributed by atoms with Crippen molar-refractivity contribution < 1.29 is 4.39 Å². The van der Waals surface area contributed by atoms with E-state index in [2.05, 4.69) is 56.7 Å². The second-order valence-electron chi connectivity index (χ2n) is 10.1. The zero-order valence-corrected chi connectivity index (χ0v) is 24.0. The molecule has 6 rings (SSSR count). The third-order valence-corrected chi connectivity index (χ3v) is 7.62. The maximum atomic E-state index is 13.9. The van der Waals surface area contributed by atoms with Gasteiger partial charge in [-0.2, -0.15) is 5.26 Å². The highest BCUT2D eigenvalue weighted by Gasteiger charge is 2.24. The summed E-state index contributed by atoms with van der Waals surface area (Å²) in [6.07, 6.45) is 7.71. The molecule has 4 N–H and O–H groups in total. The standard InChI is InChI=1S/C33H28ClFN8/c1-2-29(21-6-4-3-5-7-21)40-31-23(18-36)19-38-33-27(31)16-25(17-28(33)34)39-32(22-8-10-24(35)11-9-22)30-20-43(42-41-30)26-12-14-37-15-13-26/h3-17,19-20,29,32,39,41-42H,2H2,1H3,(H,38,40)/t29-,32+/m1/s1. The Morgan fingerprint density at radius 3 is 2.49 bits per heavy atom. The lowest BCUT2D eigenvalue weighted by Gasteiger charge is -2.23. The zero-order chi connectivity index (χ0) is 29.8. The largest absolute Gasteiger partial charge is 0.377 e. The third kappa shape index (κ3) is 5.93. The molecule has 0 spiro atoms. The van der Waals surface area contributed by atoms with E-state index < -0.39 is 6.04 Å². The summed E-state index contributed by atoms with van der Waals surface area (Å²) in [5.74, 6) is -0.323. The average molecular weight is 591 g/mol. The van der Waals surface area contributed by atoms with E-state index in [4.69, 9.17) is 11.6 Å². The number of aromatic nitrogens is 2. The number of anilines is 3. The summed E-state index contributed by atoms with van der Waals surface area (Å²) in [5.41, 5.74) is 12.4. The molecule has 0 saturated carbocycles. The Morgan fingerprint density at radius 2 is 1.77 bits per heavy atom.